The molecule has 3 atom stereocenters. The molecule has 15 heteroatoms. The predicted octanol–water partition coefficient (Wildman–Crippen LogP) is 2.27. The van der Waals surface area contributed by atoms with E-state index in [0.717, 1.165) is 16.7 Å². The molecule has 0 radical (unpaired) electrons. The first-order chi connectivity index (χ1) is 22.2. The van der Waals surface area contributed by atoms with Crippen LogP contribution in [0.15, 0.2) is 86.5 Å². The van der Waals surface area contributed by atoms with Crippen molar-refractivity contribution in [2.45, 2.75) is 24.8 Å². The zero-order valence-electron chi connectivity index (χ0n) is 24.1. The average molecular weight is 664 g/mol. The number of nitrogens with zero attached hydrogens (tertiary/aromatic N) is 2. The van der Waals surface area contributed by atoms with Crippen molar-refractivity contribution in [1.29, 1.82) is 0 Å². The van der Waals surface area contributed by atoms with Gasteiger partial charge in [-0.1, -0.05) is 12.1 Å². The molecule has 4 aliphatic rings. The molecule has 0 bridgehead atoms. The molecular weight excluding hydrogens is 638 g/mol. The first kappa shape index (κ1) is 31.0. The summed E-state index contributed by atoms with van der Waals surface area (Å²) in [5.41, 5.74) is 1.38. The molecule has 2 amide bonds. The smallest absolute Gasteiger partial charge is 0.358 e. The van der Waals surface area contributed by atoms with Gasteiger partial charge in [0.1, 0.15) is 35.0 Å². The summed E-state index contributed by atoms with van der Waals surface area (Å²) in [5.74, 6) is -2.01. The molecule has 6 rings (SSSR count). The van der Waals surface area contributed by atoms with Crippen molar-refractivity contribution in [3.05, 3.63) is 92.4 Å². The van der Waals surface area contributed by atoms with Gasteiger partial charge in [0.05, 0.1) is 6.42 Å². The minimum Gasteiger partial charge on any atom is -0.614 e. The molecule has 4 heterocycles. The summed E-state index contributed by atoms with van der Waals surface area (Å²) in [4.78, 5) is 68.1. The Labute approximate surface area is 268 Å². The molecule has 1 aromatic heterocycles. The van der Waals surface area contributed by atoms with Crippen LogP contribution in [-0.2, 0) is 46.2 Å². The topological polar surface area (TPSA) is 177 Å². The van der Waals surface area contributed by atoms with E-state index in [2.05, 4.69) is 10.3 Å². The number of benzene rings is 2. The van der Waals surface area contributed by atoms with Crippen LogP contribution in [0.2, 0.25) is 0 Å². The van der Waals surface area contributed by atoms with Crippen LogP contribution in [0.1, 0.15) is 11.8 Å². The fraction of sp³-hybridized carbons (Fsp3) is 0.226. The highest BCUT2D eigenvalue weighted by atomic mass is 32.2. The molecule has 0 spiro atoms. The van der Waals surface area contributed by atoms with Gasteiger partial charge in [-0.05, 0) is 53.0 Å². The van der Waals surface area contributed by atoms with E-state index in [0.29, 0.717) is 28.3 Å². The van der Waals surface area contributed by atoms with Crippen molar-refractivity contribution in [2.75, 3.05) is 19.2 Å². The third-order valence-corrected chi connectivity index (χ3v) is 9.51. The van der Waals surface area contributed by atoms with Crippen molar-refractivity contribution < 1.29 is 42.4 Å². The Morgan fingerprint density at radius 3 is 2.80 bits per heavy atom. The first-order valence-corrected chi connectivity index (χ1v) is 16.1. The maximum Gasteiger partial charge on any atom is 0.358 e. The molecule has 1 saturated heterocycles. The van der Waals surface area contributed by atoms with E-state index in [4.69, 9.17) is 18.6 Å². The number of allylic oxidation sites excluding steroid dienone is 1. The van der Waals surface area contributed by atoms with Gasteiger partial charge in [0.25, 0.3) is 5.91 Å². The molecule has 0 unspecified atom stereocenters. The Balaban J connectivity index is 1.18. The van der Waals surface area contributed by atoms with Crippen LogP contribution in [0.25, 0.3) is 22.6 Å². The first-order valence-electron chi connectivity index (χ1n) is 13.9. The lowest BCUT2D eigenvalue weighted by Gasteiger charge is -2.49. The number of carbonyl (C=O) groups excluding carboxylic acids is 4. The lowest BCUT2D eigenvalue weighted by atomic mass is 10.0. The second-order valence-corrected chi connectivity index (χ2v) is 12.7. The highest BCUT2D eigenvalue weighted by molar-refractivity contribution is 7.92. The van der Waals surface area contributed by atoms with Crippen LogP contribution in [0, 0.1) is 0 Å². The zero-order chi connectivity index (χ0) is 32.4. The highest BCUT2D eigenvalue weighted by Gasteiger charge is 2.61. The molecule has 46 heavy (non-hydrogen) atoms. The minimum atomic E-state index is -1.68. The number of β-lactam (4-membered cyclic amide) rings is 1. The molecule has 1 aromatic carbocycles. The Kier molecular flexibility index (Phi) is 8.87. The summed E-state index contributed by atoms with van der Waals surface area (Å²) in [6.45, 7) is 0.484. The largest absolute Gasteiger partial charge is 0.614 e. The van der Waals surface area contributed by atoms with Crippen LogP contribution < -0.4 is 15.5 Å². The summed E-state index contributed by atoms with van der Waals surface area (Å²) in [6.07, 6.45) is 3.13. The van der Waals surface area contributed by atoms with Crippen LogP contribution in [-0.4, -0.2) is 68.8 Å². The van der Waals surface area contributed by atoms with Crippen LogP contribution >= 0.6 is 11.3 Å². The molecule has 1 N–H and O–H groups in total. The van der Waals surface area contributed by atoms with Gasteiger partial charge in [0.15, 0.2) is 22.8 Å². The molecule has 1 aliphatic carbocycles. The summed E-state index contributed by atoms with van der Waals surface area (Å²) >= 11 is -0.282. The van der Waals surface area contributed by atoms with Crippen molar-refractivity contribution in [2.24, 2.45) is 0 Å². The van der Waals surface area contributed by atoms with E-state index >= 15 is 0 Å². The number of amides is 2. The summed E-state index contributed by atoms with van der Waals surface area (Å²) in [6, 6.07) is 11.9. The van der Waals surface area contributed by atoms with E-state index < -0.39 is 53.1 Å². The van der Waals surface area contributed by atoms with E-state index in [1.807, 2.05) is 5.38 Å². The summed E-state index contributed by atoms with van der Waals surface area (Å²) < 4.78 is 34.7. The summed E-state index contributed by atoms with van der Waals surface area (Å²) in [7, 11) is 0. The van der Waals surface area contributed by atoms with E-state index in [9.17, 15) is 28.5 Å². The van der Waals surface area contributed by atoms with Gasteiger partial charge in [-0.15, -0.1) is 11.3 Å². The van der Waals surface area contributed by atoms with Crippen LogP contribution in [0.4, 0.5) is 0 Å². The van der Waals surface area contributed by atoms with E-state index in [-0.39, 0.29) is 35.5 Å². The normalized spacial score (nSPS) is 19.2. The second-order valence-electron chi connectivity index (χ2n) is 10.2. The molecule has 1 fully saturated rings. The number of fused-ring (bicyclic) bond motifs is 3. The third kappa shape index (κ3) is 6.51. The monoisotopic (exact) mass is 663 g/mol. The highest BCUT2D eigenvalue weighted by Crippen LogP contribution is 2.37. The Hall–Kier alpha value is -4.99. The maximum atomic E-state index is 13.3. The number of rotatable bonds is 10. The van der Waals surface area contributed by atoms with Crippen LogP contribution in [0.5, 0.6) is 5.75 Å². The van der Waals surface area contributed by atoms with Gasteiger partial charge in [-0.25, -0.2) is 9.78 Å². The molecule has 3 aliphatic heterocycles. The lowest BCUT2D eigenvalue weighted by Crippen LogP contribution is -2.74. The number of hydrogen-bond donors (Lipinski definition) is 1. The van der Waals surface area contributed by atoms with Gasteiger partial charge in [-0.2, -0.15) is 0 Å². The van der Waals surface area contributed by atoms with Gasteiger partial charge < -0.3 is 28.5 Å². The molecule has 2 aromatic rings. The van der Waals surface area contributed by atoms with Crippen molar-refractivity contribution in [1.82, 2.24) is 15.2 Å². The summed E-state index contributed by atoms with van der Waals surface area (Å²) in [5, 5.41) is 3.49. The molecule has 13 nitrogen and oxygen atoms in total. The van der Waals surface area contributed by atoms with E-state index in [1.165, 1.54) is 29.5 Å². The average Bonchev–Trinajstić information content (AvgIpc) is 3.53. The number of aromatic nitrogens is 1. The standard InChI is InChI=1S/C31H25N3O10S2/c1-17(35)42-16-43-31(39)28-18(15-46(40)30-27(29(38)34(28)30)33-26(37)14-21-5-3-11-45-21)4-2-10-41-20-7-9-23-25(13-20)44-24-12-19(36)6-8-22(24)32-23/h2-9,11-13,27,30H,10,14-16H2,1H3,(H,33,37)/b4-2-/t27-,30-,46+/m1/s1. The number of thiophene rings is 1. The van der Waals surface area contributed by atoms with E-state index in [1.54, 1.807) is 42.5 Å². The van der Waals surface area contributed by atoms with Crippen LogP contribution in [0.3, 0.4) is 0 Å². The fourth-order valence-electron chi connectivity index (χ4n) is 4.96. The number of ether oxygens (including phenoxy) is 3. The third-order valence-electron chi connectivity index (χ3n) is 7.02. The quantitative estimate of drug-likeness (QED) is 0.0866. The SMILES string of the molecule is CC(=O)OCOC(=O)C1=C(/C=C\COc2ccc3nc4ccc(=O)cc-4oc3c2)C[S@+]([O-])[C@@H]2[C@H](NC(=O)Cc3cccs3)C(=O)N12. The molecular formula is C31H25N3O10S2. The number of esters is 2. The predicted molar refractivity (Wildman–Crippen MR) is 165 cm³/mol. The zero-order valence-corrected chi connectivity index (χ0v) is 25.8. The molecule has 236 valence electrons. The van der Waals surface area contributed by atoms with Crippen molar-refractivity contribution >= 4 is 57.4 Å². The number of carbonyl (C=O) groups is 4. The Bertz CT molecular complexity index is 1920. The minimum absolute atomic E-state index is 0.0158. The number of nitrogens with one attached hydrogen (secondary N) is 1. The Morgan fingerprint density at radius 2 is 2.02 bits per heavy atom. The van der Waals surface area contributed by atoms with Gasteiger partial charge in [0, 0.05) is 29.5 Å². The maximum absolute atomic E-state index is 13.3. The lowest BCUT2D eigenvalue weighted by molar-refractivity contribution is -0.166. The Morgan fingerprint density at radius 1 is 1.17 bits per heavy atom. The number of hydrogen-bond acceptors (Lipinski definition) is 12. The second kappa shape index (κ2) is 13.2. The van der Waals surface area contributed by atoms with Gasteiger partial charge >= 0.3 is 11.9 Å². The fourth-order valence-corrected chi connectivity index (χ4v) is 7.31. The van der Waals surface area contributed by atoms with Crippen molar-refractivity contribution in [3.63, 3.8) is 0 Å². The van der Waals surface area contributed by atoms with Crippen molar-refractivity contribution in [3.8, 4) is 17.2 Å². The van der Waals surface area contributed by atoms with Gasteiger partial charge in [-0.3, -0.25) is 24.1 Å². The molecule has 0 saturated carbocycles. The van der Waals surface area contributed by atoms with Gasteiger partial charge in [0.2, 0.25) is 18.1 Å².